The molecule has 44 heavy (non-hydrogen) atoms. The molecule has 0 aromatic heterocycles. The van der Waals surface area contributed by atoms with E-state index in [2.05, 4.69) is 121 Å². The molecule has 0 N–H and O–H groups in total. The third kappa shape index (κ3) is 9.71. The second-order valence-corrected chi connectivity index (χ2v) is 16.3. The van der Waals surface area contributed by atoms with Gasteiger partial charge in [0.15, 0.2) is 0 Å². The van der Waals surface area contributed by atoms with Crippen LogP contribution in [0.2, 0.25) is 0 Å². The molecular formula is C37H43Cl2NOP2Ru. The Hall–Kier alpha value is -1.59. The van der Waals surface area contributed by atoms with E-state index >= 15 is 0 Å². The van der Waals surface area contributed by atoms with E-state index in [4.69, 9.17) is 0 Å². The first-order valence-corrected chi connectivity index (χ1v) is 17.9. The van der Waals surface area contributed by atoms with Crippen molar-refractivity contribution in [2.75, 3.05) is 14.1 Å². The number of amides is 1. The Morgan fingerprint density at radius 2 is 0.773 bits per heavy atom. The van der Waals surface area contributed by atoms with Crippen LogP contribution in [-0.4, -0.2) is 36.7 Å². The van der Waals surface area contributed by atoms with Gasteiger partial charge in [-0.25, -0.2) is 0 Å². The van der Waals surface area contributed by atoms with Crippen molar-refractivity contribution in [1.82, 2.24) is 4.90 Å². The van der Waals surface area contributed by atoms with Crippen LogP contribution in [0.15, 0.2) is 121 Å². The molecule has 234 valence electrons. The number of benzene rings is 4. The maximum absolute atomic E-state index is 9.43. The molecule has 2 aliphatic carbocycles. The van der Waals surface area contributed by atoms with E-state index in [9.17, 15) is 4.79 Å². The fourth-order valence-electron chi connectivity index (χ4n) is 7.00. The summed E-state index contributed by atoms with van der Waals surface area (Å²) in [6.45, 7) is 0. The van der Waals surface area contributed by atoms with Crippen molar-refractivity contribution in [1.29, 1.82) is 0 Å². The first kappa shape index (κ1) is 38.6. The van der Waals surface area contributed by atoms with Crippen molar-refractivity contribution in [2.24, 2.45) is 11.8 Å². The Kier molecular flexibility index (Phi) is 17.4. The number of halogens is 2. The number of carbonyl (C=O) groups excluding carboxylic acids is 1. The van der Waals surface area contributed by atoms with Crippen molar-refractivity contribution in [3.63, 3.8) is 0 Å². The average molecular weight is 752 g/mol. The van der Waals surface area contributed by atoms with Gasteiger partial charge in [0.25, 0.3) is 0 Å². The molecule has 1 amide bonds. The predicted octanol–water partition coefficient (Wildman–Crippen LogP) is 1.30. The topological polar surface area (TPSA) is 20.3 Å². The van der Waals surface area contributed by atoms with Crippen LogP contribution < -0.4 is 46.0 Å². The first-order valence-electron chi connectivity index (χ1n) is 15.1. The number of hydrogen-bond donors (Lipinski definition) is 0. The molecule has 7 heteroatoms. The average Bonchev–Trinajstić information content (AvgIpc) is 3.70. The van der Waals surface area contributed by atoms with Gasteiger partial charge in [0, 0.05) is 14.1 Å². The molecule has 2 saturated carbocycles. The van der Waals surface area contributed by atoms with Crippen LogP contribution in [-0.2, 0) is 24.3 Å². The van der Waals surface area contributed by atoms with Gasteiger partial charge in [0.2, 0.25) is 6.41 Å². The monoisotopic (exact) mass is 751 g/mol. The van der Waals surface area contributed by atoms with Crippen molar-refractivity contribution in [3.05, 3.63) is 121 Å². The number of hydrogen-bond acceptors (Lipinski definition) is 1. The van der Waals surface area contributed by atoms with Crippen LogP contribution >= 0.6 is 15.8 Å². The number of nitrogens with zero attached hydrogens (tertiary/aromatic N) is 1. The van der Waals surface area contributed by atoms with E-state index in [1.807, 2.05) is 0 Å². The summed E-state index contributed by atoms with van der Waals surface area (Å²) in [4.78, 5) is 10.9. The maximum Gasteiger partial charge on any atom is 2.00 e. The third-order valence-corrected chi connectivity index (χ3v) is 14.7. The summed E-state index contributed by atoms with van der Waals surface area (Å²) in [6, 6.07) is 45.9. The fraction of sp³-hybridized carbons (Fsp3) is 0.324. The van der Waals surface area contributed by atoms with Gasteiger partial charge in [0.1, 0.15) is 0 Å². The summed E-state index contributed by atoms with van der Waals surface area (Å²) >= 11 is 0. The number of rotatable bonds is 8. The molecule has 0 aliphatic heterocycles. The Labute approximate surface area is 292 Å². The normalized spacial score (nSPS) is 20.4. The van der Waals surface area contributed by atoms with Gasteiger partial charge in [-0.15, -0.1) is 0 Å². The Bertz CT molecular complexity index is 1160. The van der Waals surface area contributed by atoms with Crippen LogP contribution in [0.1, 0.15) is 38.5 Å². The smallest absolute Gasteiger partial charge is 1.00 e. The zero-order valence-corrected chi connectivity index (χ0v) is 30.6. The molecule has 2 aliphatic rings. The molecule has 2 fully saturated rings. The minimum absolute atomic E-state index is 0. The van der Waals surface area contributed by atoms with Crippen molar-refractivity contribution >= 4 is 43.5 Å². The molecule has 0 radical (unpaired) electrons. The SMILES string of the molecule is CN(C)C=O.[Cl-].[Cl-].[Ru+2].c1ccc(P(c2ccccc2)C2CCCC2C2CCCC2P(c2ccccc2)c2ccccc2)cc1. The van der Waals surface area contributed by atoms with Crippen LogP contribution in [0.4, 0.5) is 0 Å². The van der Waals surface area contributed by atoms with Gasteiger partial charge in [-0.3, -0.25) is 4.79 Å². The molecule has 2 nitrogen and oxygen atoms in total. The molecule has 0 bridgehead atoms. The molecule has 4 unspecified atom stereocenters. The predicted molar refractivity (Wildman–Crippen MR) is 180 cm³/mol. The molecule has 6 rings (SSSR count). The molecule has 0 saturated heterocycles. The van der Waals surface area contributed by atoms with E-state index in [-0.39, 0.29) is 60.1 Å². The van der Waals surface area contributed by atoms with Gasteiger partial charge in [0.05, 0.1) is 0 Å². The minimum atomic E-state index is -0.347. The van der Waals surface area contributed by atoms with Crippen molar-refractivity contribution in [2.45, 2.75) is 49.8 Å². The summed E-state index contributed by atoms with van der Waals surface area (Å²) < 4.78 is 0. The first-order chi connectivity index (χ1) is 20.2. The summed E-state index contributed by atoms with van der Waals surface area (Å²) in [5, 5.41) is 6.27. The molecular weight excluding hydrogens is 708 g/mol. The third-order valence-electron chi connectivity index (χ3n) is 8.62. The second kappa shape index (κ2) is 19.8. The van der Waals surface area contributed by atoms with Gasteiger partial charge in [-0.2, -0.15) is 0 Å². The van der Waals surface area contributed by atoms with E-state index in [0.717, 1.165) is 29.6 Å². The van der Waals surface area contributed by atoms with Gasteiger partial charge < -0.3 is 29.7 Å². The Morgan fingerprint density at radius 3 is 1.00 bits per heavy atom. The van der Waals surface area contributed by atoms with Gasteiger partial charge in [-0.05, 0) is 85.9 Å². The quantitative estimate of drug-likeness (QED) is 0.151. The Morgan fingerprint density at radius 1 is 0.523 bits per heavy atom. The summed E-state index contributed by atoms with van der Waals surface area (Å²) in [5.74, 6) is 1.67. The fourth-order valence-corrected chi connectivity index (χ4v) is 13.5. The van der Waals surface area contributed by atoms with E-state index < -0.39 is 0 Å². The molecule has 0 heterocycles. The molecule has 4 aromatic rings. The molecule has 0 spiro atoms. The maximum atomic E-state index is 9.43. The van der Waals surface area contributed by atoms with Crippen LogP contribution in [0.25, 0.3) is 0 Å². The number of carbonyl (C=O) groups is 1. The van der Waals surface area contributed by atoms with Gasteiger partial charge in [-0.1, -0.05) is 134 Å². The van der Waals surface area contributed by atoms with Crippen molar-refractivity contribution < 1.29 is 49.1 Å². The molecule has 4 atom stereocenters. The summed E-state index contributed by atoms with van der Waals surface area (Å²) in [6.07, 6.45) is 9.14. The van der Waals surface area contributed by atoms with E-state index in [0.29, 0.717) is 0 Å². The minimum Gasteiger partial charge on any atom is -1.00 e. The zero-order chi connectivity index (χ0) is 28.4. The van der Waals surface area contributed by atoms with Gasteiger partial charge >= 0.3 is 19.5 Å². The van der Waals surface area contributed by atoms with Crippen LogP contribution in [0.5, 0.6) is 0 Å². The van der Waals surface area contributed by atoms with Crippen molar-refractivity contribution in [3.8, 4) is 0 Å². The largest absolute Gasteiger partial charge is 2.00 e. The standard InChI is InChI=1S/C34H36P2.C3H7NO.2ClH.Ru/c1-5-15-27(16-6-1)35(28-17-7-2-8-18-28)33-25-13-23-31(33)32-24-14-26-34(32)36(29-19-9-3-10-20-29)30-21-11-4-12-22-30;1-4(2)3-5;;;/h1-12,15-22,31-34H,13-14,23-26H2;3H,1-2H3;2*1H;/q;;;;+2/p-2. The summed E-state index contributed by atoms with van der Waals surface area (Å²) in [5.41, 5.74) is 1.58. The van der Waals surface area contributed by atoms with Crippen LogP contribution in [0, 0.1) is 11.8 Å². The summed E-state index contributed by atoms with van der Waals surface area (Å²) in [7, 11) is 2.68. The zero-order valence-electron chi connectivity index (χ0n) is 25.5. The Balaban J connectivity index is 0.000000784. The van der Waals surface area contributed by atoms with E-state index in [1.54, 1.807) is 35.3 Å². The molecule has 4 aromatic carbocycles. The second-order valence-electron chi connectivity index (χ2n) is 11.5. The van der Waals surface area contributed by atoms with Crippen LogP contribution in [0.3, 0.4) is 0 Å². The van der Waals surface area contributed by atoms with E-state index in [1.165, 1.54) is 43.4 Å².